The number of likely N-dealkylation sites (N-methyl/N-ethyl adjacent to an activating group) is 1. The zero-order chi connectivity index (χ0) is 10.7. The van der Waals surface area contributed by atoms with Gasteiger partial charge in [-0.2, -0.15) is 0 Å². The Labute approximate surface area is 95.3 Å². The molecule has 1 aromatic heterocycles. The first-order chi connectivity index (χ1) is 7.33. The lowest BCUT2D eigenvalue weighted by Crippen LogP contribution is -2.34. The van der Waals surface area contributed by atoms with Gasteiger partial charge in [0.05, 0.1) is 10.7 Å². The lowest BCUT2D eigenvalue weighted by Gasteiger charge is -2.30. The predicted octanol–water partition coefficient (Wildman–Crippen LogP) is 1.80. The molecular formula is C11H19N3S. The first-order valence-corrected chi connectivity index (χ1v) is 6.58. The number of aromatic nitrogens is 1. The zero-order valence-corrected chi connectivity index (χ0v) is 10.1. The van der Waals surface area contributed by atoms with E-state index in [4.69, 9.17) is 5.73 Å². The van der Waals surface area contributed by atoms with E-state index in [9.17, 15) is 0 Å². The Morgan fingerprint density at radius 3 is 3.20 bits per heavy atom. The number of nitrogens with zero attached hydrogens (tertiary/aromatic N) is 2. The quantitative estimate of drug-likeness (QED) is 0.853. The van der Waals surface area contributed by atoms with Gasteiger partial charge in [0, 0.05) is 24.4 Å². The van der Waals surface area contributed by atoms with E-state index < -0.39 is 0 Å². The summed E-state index contributed by atoms with van der Waals surface area (Å²) in [6.07, 6.45) is 2.59. The summed E-state index contributed by atoms with van der Waals surface area (Å²) in [6, 6.07) is 0. The van der Waals surface area contributed by atoms with Gasteiger partial charge in [-0.05, 0) is 25.9 Å². The summed E-state index contributed by atoms with van der Waals surface area (Å²) < 4.78 is 0. The van der Waals surface area contributed by atoms with Gasteiger partial charge in [0.2, 0.25) is 0 Å². The van der Waals surface area contributed by atoms with Crippen molar-refractivity contribution in [3.8, 4) is 0 Å². The topological polar surface area (TPSA) is 42.2 Å². The molecule has 0 amide bonds. The van der Waals surface area contributed by atoms with Crippen molar-refractivity contribution < 1.29 is 0 Å². The van der Waals surface area contributed by atoms with Gasteiger partial charge in [0.25, 0.3) is 0 Å². The molecule has 1 unspecified atom stereocenters. The molecule has 1 saturated heterocycles. The molecule has 2 heterocycles. The molecule has 0 bridgehead atoms. The van der Waals surface area contributed by atoms with E-state index >= 15 is 0 Å². The Morgan fingerprint density at radius 1 is 1.67 bits per heavy atom. The molecule has 84 valence electrons. The van der Waals surface area contributed by atoms with Crippen LogP contribution in [0.3, 0.4) is 0 Å². The van der Waals surface area contributed by atoms with E-state index in [1.807, 2.05) is 0 Å². The van der Waals surface area contributed by atoms with Gasteiger partial charge in [-0.1, -0.05) is 6.92 Å². The molecule has 2 N–H and O–H groups in total. The fourth-order valence-corrected chi connectivity index (χ4v) is 3.11. The van der Waals surface area contributed by atoms with Crippen LogP contribution >= 0.6 is 11.3 Å². The van der Waals surface area contributed by atoms with E-state index in [0.717, 1.165) is 12.2 Å². The molecule has 3 nitrogen and oxygen atoms in total. The third kappa shape index (κ3) is 2.56. The van der Waals surface area contributed by atoms with Gasteiger partial charge in [-0.15, -0.1) is 11.3 Å². The maximum Gasteiger partial charge on any atom is 0.0972 e. The first kappa shape index (κ1) is 11.0. The molecule has 4 heteroatoms. The molecule has 1 aliphatic heterocycles. The van der Waals surface area contributed by atoms with Gasteiger partial charge in [0.15, 0.2) is 0 Å². The van der Waals surface area contributed by atoms with E-state index in [1.165, 1.54) is 30.9 Å². The number of likely N-dealkylation sites (tertiary alicyclic amines) is 1. The van der Waals surface area contributed by atoms with Crippen molar-refractivity contribution in [1.82, 2.24) is 9.88 Å². The third-order valence-electron chi connectivity index (χ3n) is 3.08. The summed E-state index contributed by atoms with van der Waals surface area (Å²) in [5.74, 6) is 0.643. The van der Waals surface area contributed by atoms with Crippen molar-refractivity contribution in [2.45, 2.75) is 32.2 Å². The highest BCUT2D eigenvalue weighted by Gasteiger charge is 2.22. The minimum absolute atomic E-state index is 0.570. The fourth-order valence-electron chi connectivity index (χ4n) is 2.15. The molecule has 0 aromatic carbocycles. The molecular weight excluding hydrogens is 206 g/mol. The summed E-state index contributed by atoms with van der Waals surface area (Å²) in [5.41, 5.74) is 6.62. The fraction of sp³-hybridized carbons (Fsp3) is 0.727. The second kappa shape index (κ2) is 5.05. The molecule has 0 saturated carbocycles. The van der Waals surface area contributed by atoms with Crippen LogP contribution in [-0.2, 0) is 6.54 Å². The standard InChI is InChI=1S/C11H19N3S/c1-2-14-5-3-4-9(7-14)11-13-10(6-12)8-15-11/h8-9H,2-7,12H2,1H3. The highest BCUT2D eigenvalue weighted by molar-refractivity contribution is 7.09. The summed E-state index contributed by atoms with van der Waals surface area (Å²) >= 11 is 1.78. The maximum atomic E-state index is 5.58. The minimum atomic E-state index is 0.570. The van der Waals surface area contributed by atoms with Crippen LogP contribution in [0.15, 0.2) is 5.38 Å². The van der Waals surface area contributed by atoms with E-state index in [2.05, 4.69) is 22.2 Å². The second-order valence-electron chi connectivity index (χ2n) is 4.11. The number of rotatable bonds is 3. The second-order valence-corrected chi connectivity index (χ2v) is 5.00. The molecule has 0 radical (unpaired) electrons. The average Bonchev–Trinajstić information content (AvgIpc) is 2.78. The van der Waals surface area contributed by atoms with E-state index in [0.29, 0.717) is 12.5 Å². The summed E-state index contributed by atoms with van der Waals surface area (Å²) in [6.45, 7) is 6.39. The summed E-state index contributed by atoms with van der Waals surface area (Å²) in [7, 11) is 0. The zero-order valence-electron chi connectivity index (χ0n) is 9.28. The molecule has 1 fully saturated rings. The average molecular weight is 225 g/mol. The predicted molar refractivity (Wildman–Crippen MR) is 64.1 cm³/mol. The molecule has 2 rings (SSSR count). The number of thiazole rings is 1. The molecule has 1 atom stereocenters. The van der Waals surface area contributed by atoms with Crippen LogP contribution in [0.4, 0.5) is 0 Å². The molecule has 1 aromatic rings. The normalized spacial score (nSPS) is 23.2. The molecule has 1 aliphatic rings. The number of hydrogen-bond donors (Lipinski definition) is 1. The Morgan fingerprint density at radius 2 is 2.53 bits per heavy atom. The Hall–Kier alpha value is -0.450. The Bertz CT molecular complexity index is 311. The number of hydrogen-bond acceptors (Lipinski definition) is 4. The van der Waals surface area contributed by atoms with Gasteiger partial charge in [0.1, 0.15) is 0 Å². The number of nitrogens with two attached hydrogens (primary N) is 1. The van der Waals surface area contributed by atoms with Gasteiger partial charge in [-0.3, -0.25) is 0 Å². The van der Waals surface area contributed by atoms with Crippen LogP contribution in [0.5, 0.6) is 0 Å². The smallest absolute Gasteiger partial charge is 0.0972 e. The summed E-state index contributed by atoms with van der Waals surface area (Å²) in [4.78, 5) is 7.10. The van der Waals surface area contributed by atoms with Crippen LogP contribution in [0.1, 0.15) is 36.4 Å². The van der Waals surface area contributed by atoms with Crippen molar-refractivity contribution in [2.24, 2.45) is 5.73 Å². The van der Waals surface area contributed by atoms with Gasteiger partial charge >= 0.3 is 0 Å². The maximum absolute atomic E-state index is 5.58. The van der Waals surface area contributed by atoms with Crippen molar-refractivity contribution >= 4 is 11.3 Å². The van der Waals surface area contributed by atoms with Crippen LogP contribution in [0.25, 0.3) is 0 Å². The van der Waals surface area contributed by atoms with Crippen LogP contribution in [-0.4, -0.2) is 29.5 Å². The van der Waals surface area contributed by atoms with Crippen LogP contribution < -0.4 is 5.73 Å². The highest BCUT2D eigenvalue weighted by Crippen LogP contribution is 2.28. The van der Waals surface area contributed by atoms with E-state index in [-0.39, 0.29) is 0 Å². The Kier molecular flexibility index (Phi) is 3.72. The van der Waals surface area contributed by atoms with Gasteiger partial charge < -0.3 is 10.6 Å². The minimum Gasteiger partial charge on any atom is -0.325 e. The molecule has 0 aliphatic carbocycles. The lowest BCUT2D eigenvalue weighted by molar-refractivity contribution is 0.217. The summed E-state index contributed by atoms with van der Waals surface area (Å²) in [5, 5.41) is 3.38. The molecule has 15 heavy (non-hydrogen) atoms. The Balaban J connectivity index is 2.03. The SMILES string of the molecule is CCN1CCCC(c2nc(CN)cs2)C1. The molecule has 0 spiro atoms. The third-order valence-corrected chi connectivity index (χ3v) is 4.14. The largest absolute Gasteiger partial charge is 0.325 e. The van der Waals surface area contributed by atoms with Gasteiger partial charge in [-0.25, -0.2) is 4.98 Å². The van der Waals surface area contributed by atoms with Crippen LogP contribution in [0, 0.1) is 0 Å². The van der Waals surface area contributed by atoms with Crippen LogP contribution in [0.2, 0.25) is 0 Å². The van der Waals surface area contributed by atoms with E-state index in [1.54, 1.807) is 11.3 Å². The van der Waals surface area contributed by atoms with Crippen molar-refractivity contribution in [2.75, 3.05) is 19.6 Å². The van der Waals surface area contributed by atoms with Crippen molar-refractivity contribution in [1.29, 1.82) is 0 Å². The lowest BCUT2D eigenvalue weighted by atomic mass is 9.99. The highest BCUT2D eigenvalue weighted by atomic mass is 32.1. The van der Waals surface area contributed by atoms with Crippen molar-refractivity contribution in [3.63, 3.8) is 0 Å². The first-order valence-electron chi connectivity index (χ1n) is 5.70. The monoisotopic (exact) mass is 225 g/mol. The van der Waals surface area contributed by atoms with Crippen molar-refractivity contribution in [3.05, 3.63) is 16.1 Å². The number of piperidine rings is 1.